The van der Waals surface area contributed by atoms with E-state index in [1.54, 1.807) is 0 Å². The third kappa shape index (κ3) is 60.9. The lowest BCUT2D eigenvalue weighted by Crippen LogP contribution is -2.30. The fraction of sp³-hybridized carbons (Fsp3) is 0.925. The van der Waals surface area contributed by atoms with E-state index in [4.69, 9.17) is 14.2 Å². The molecule has 0 rings (SSSR count). The highest BCUT2D eigenvalue weighted by Crippen LogP contribution is 2.18. The molecular formula is C67H128O6. The van der Waals surface area contributed by atoms with Crippen LogP contribution in [0.15, 0.2) is 12.2 Å². The second kappa shape index (κ2) is 62.7. The number of ether oxygens (including phenoxy) is 3. The fourth-order valence-electron chi connectivity index (χ4n) is 10.3. The van der Waals surface area contributed by atoms with Gasteiger partial charge in [-0.15, -0.1) is 0 Å². The molecule has 0 radical (unpaired) electrons. The molecule has 432 valence electrons. The number of carbonyl (C=O) groups excluding carboxylic acids is 3. The van der Waals surface area contributed by atoms with Gasteiger partial charge in [0.05, 0.1) is 0 Å². The minimum absolute atomic E-state index is 0.0657. The maximum atomic E-state index is 12.9. The highest BCUT2D eigenvalue weighted by molar-refractivity contribution is 5.71. The summed E-state index contributed by atoms with van der Waals surface area (Å²) in [5, 5.41) is 0. The van der Waals surface area contributed by atoms with Gasteiger partial charge in [0.25, 0.3) is 0 Å². The molecule has 0 aromatic carbocycles. The molecule has 1 unspecified atom stereocenters. The summed E-state index contributed by atoms with van der Waals surface area (Å²) >= 11 is 0. The number of unbranched alkanes of at least 4 members (excludes halogenated alkanes) is 49. The van der Waals surface area contributed by atoms with E-state index in [1.807, 2.05) is 0 Å². The van der Waals surface area contributed by atoms with Gasteiger partial charge in [0.15, 0.2) is 6.10 Å². The molecule has 0 aliphatic heterocycles. The van der Waals surface area contributed by atoms with Gasteiger partial charge in [0.1, 0.15) is 13.2 Å². The summed E-state index contributed by atoms with van der Waals surface area (Å²) in [4.78, 5) is 38.4. The van der Waals surface area contributed by atoms with Crippen LogP contribution in [0.5, 0.6) is 0 Å². The van der Waals surface area contributed by atoms with Gasteiger partial charge in [-0.3, -0.25) is 14.4 Å². The van der Waals surface area contributed by atoms with Crippen LogP contribution in [0.2, 0.25) is 0 Å². The second-order valence-corrected chi connectivity index (χ2v) is 22.7. The standard InChI is InChI=1S/C67H128O6/c1-4-7-10-13-16-19-22-25-28-31-33-35-36-39-42-45-48-51-54-57-60-66(69)72-63-64(62-71-65(68)59-56-53-50-47-44-41-38-30-27-24-21-18-15-12-9-6-3)73-67(70)61-58-55-52-49-46-43-40-37-34-32-29-26-23-20-17-14-11-8-5-2/h30,38,64H,4-29,31-37,39-63H2,1-3H3/b38-30-. The Labute approximate surface area is 456 Å². The van der Waals surface area contributed by atoms with Crippen molar-refractivity contribution in [3.05, 3.63) is 12.2 Å². The highest BCUT2D eigenvalue weighted by Gasteiger charge is 2.19. The summed E-state index contributed by atoms with van der Waals surface area (Å²) in [5.74, 6) is -0.841. The number of rotatable bonds is 62. The number of carbonyl (C=O) groups is 3. The number of hydrogen-bond acceptors (Lipinski definition) is 6. The van der Waals surface area contributed by atoms with Gasteiger partial charge in [0, 0.05) is 19.3 Å². The van der Waals surface area contributed by atoms with Gasteiger partial charge < -0.3 is 14.2 Å². The minimum Gasteiger partial charge on any atom is -0.462 e. The molecule has 73 heavy (non-hydrogen) atoms. The van der Waals surface area contributed by atoms with Gasteiger partial charge >= 0.3 is 17.9 Å². The van der Waals surface area contributed by atoms with Crippen LogP contribution < -0.4 is 0 Å². The Bertz CT molecular complexity index is 1130. The molecule has 1 atom stereocenters. The topological polar surface area (TPSA) is 78.9 Å². The van der Waals surface area contributed by atoms with E-state index in [1.165, 1.54) is 276 Å². The molecule has 0 saturated carbocycles. The Hall–Kier alpha value is -1.85. The Kier molecular flexibility index (Phi) is 61.1. The molecule has 0 aliphatic rings. The van der Waals surface area contributed by atoms with E-state index in [9.17, 15) is 14.4 Å². The lowest BCUT2D eigenvalue weighted by molar-refractivity contribution is -0.167. The molecule has 0 heterocycles. The van der Waals surface area contributed by atoms with Crippen LogP contribution in [0.3, 0.4) is 0 Å². The first-order valence-corrected chi connectivity index (χ1v) is 33.2. The summed E-state index contributed by atoms with van der Waals surface area (Å²) in [6, 6.07) is 0. The predicted molar refractivity (Wildman–Crippen MR) is 317 cm³/mol. The summed E-state index contributed by atoms with van der Waals surface area (Å²) in [6.45, 7) is 6.72. The zero-order valence-electron chi connectivity index (χ0n) is 49.7. The van der Waals surface area contributed by atoms with E-state index < -0.39 is 6.10 Å². The van der Waals surface area contributed by atoms with Crippen molar-refractivity contribution in [3.63, 3.8) is 0 Å². The zero-order valence-corrected chi connectivity index (χ0v) is 49.7. The van der Waals surface area contributed by atoms with Crippen molar-refractivity contribution in [1.82, 2.24) is 0 Å². The molecule has 0 bridgehead atoms. The highest BCUT2D eigenvalue weighted by atomic mass is 16.6. The Morgan fingerprint density at radius 1 is 0.260 bits per heavy atom. The third-order valence-electron chi connectivity index (χ3n) is 15.3. The predicted octanol–water partition coefficient (Wildman–Crippen LogP) is 22.4. The first-order valence-electron chi connectivity index (χ1n) is 33.2. The normalized spacial score (nSPS) is 12.0. The first-order chi connectivity index (χ1) is 36.0. The van der Waals surface area contributed by atoms with Crippen LogP contribution in [0.25, 0.3) is 0 Å². The summed E-state index contributed by atoms with van der Waals surface area (Å²) in [7, 11) is 0. The summed E-state index contributed by atoms with van der Waals surface area (Å²) in [5.41, 5.74) is 0. The van der Waals surface area contributed by atoms with Gasteiger partial charge in [-0.25, -0.2) is 0 Å². The largest absolute Gasteiger partial charge is 0.462 e. The Morgan fingerprint density at radius 2 is 0.452 bits per heavy atom. The molecule has 0 aromatic heterocycles. The fourth-order valence-corrected chi connectivity index (χ4v) is 10.3. The molecule has 6 heteroatoms. The summed E-state index contributed by atoms with van der Waals surface area (Å²) < 4.78 is 17.0. The Balaban J connectivity index is 4.29. The van der Waals surface area contributed by atoms with Crippen molar-refractivity contribution < 1.29 is 28.6 Å². The van der Waals surface area contributed by atoms with E-state index in [0.29, 0.717) is 19.3 Å². The third-order valence-corrected chi connectivity index (χ3v) is 15.3. The van der Waals surface area contributed by atoms with Crippen molar-refractivity contribution >= 4 is 17.9 Å². The molecule has 0 spiro atoms. The van der Waals surface area contributed by atoms with Crippen molar-refractivity contribution in [1.29, 1.82) is 0 Å². The van der Waals surface area contributed by atoms with E-state index >= 15 is 0 Å². The maximum absolute atomic E-state index is 12.9. The van der Waals surface area contributed by atoms with Crippen LogP contribution in [-0.2, 0) is 28.6 Å². The van der Waals surface area contributed by atoms with Crippen LogP contribution in [-0.4, -0.2) is 37.2 Å². The van der Waals surface area contributed by atoms with E-state index in [2.05, 4.69) is 32.9 Å². The van der Waals surface area contributed by atoms with Crippen LogP contribution in [0.1, 0.15) is 380 Å². The van der Waals surface area contributed by atoms with Crippen LogP contribution >= 0.6 is 0 Å². The zero-order chi connectivity index (χ0) is 52.9. The molecule has 0 fully saturated rings. The average molecular weight is 1030 g/mol. The molecule has 0 N–H and O–H groups in total. The number of esters is 3. The monoisotopic (exact) mass is 1030 g/mol. The maximum Gasteiger partial charge on any atom is 0.306 e. The van der Waals surface area contributed by atoms with Gasteiger partial charge in [0.2, 0.25) is 0 Å². The number of hydrogen-bond donors (Lipinski definition) is 0. The Morgan fingerprint density at radius 3 is 0.685 bits per heavy atom. The number of allylic oxidation sites excluding steroid dienone is 2. The molecule has 0 aromatic rings. The van der Waals surface area contributed by atoms with Crippen molar-refractivity contribution in [3.8, 4) is 0 Å². The van der Waals surface area contributed by atoms with Crippen LogP contribution in [0.4, 0.5) is 0 Å². The second-order valence-electron chi connectivity index (χ2n) is 22.7. The van der Waals surface area contributed by atoms with Crippen LogP contribution in [0, 0.1) is 0 Å². The quantitative estimate of drug-likeness (QED) is 0.0261. The molecule has 0 saturated heterocycles. The first kappa shape index (κ1) is 71.2. The molecular weight excluding hydrogens is 901 g/mol. The lowest BCUT2D eigenvalue weighted by atomic mass is 10.0. The smallest absolute Gasteiger partial charge is 0.306 e. The van der Waals surface area contributed by atoms with Gasteiger partial charge in [-0.2, -0.15) is 0 Å². The molecule has 0 aliphatic carbocycles. The molecule has 6 nitrogen and oxygen atoms in total. The van der Waals surface area contributed by atoms with Gasteiger partial charge in [-0.1, -0.05) is 328 Å². The van der Waals surface area contributed by atoms with Crippen molar-refractivity contribution in [2.24, 2.45) is 0 Å². The lowest BCUT2D eigenvalue weighted by Gasteiger charge is -2.18. The minimum atomic E-state index is -0.769. The van der Waals surface area contributed by atoms with E-state index in [-0.39, 0.29) is 31.1 Å². The van der Waals surface area contributed by atoms with Crippen molar-refractivity contribution in [2.45, 2.75) is 386 Å². The summed E-state index contributed by atoms with van der Waals surface area (Å²) in [6.07, 6.45) is 73.6. The van der Waals surface area contributed by atoms with Crippen molar-refractivity contribution in [2.75, 3.05) is 13.2 Å². The van der Waals surface area contributed by atoms with Gasteiger partial charge in [-0.05, 0) is 44.9 Å². The SMILES string of the molecule is CCCCCCCCC/C=C\CCCCCCCC(=O)OCC(COC(=O)CCCCCCCCCCCCCCCCCCCCCC)OC(=O)CCCCCCCCCCCCCCCCCCCCC. The average Bonchev–Trinajstić information content (AvgIpc) is 3.39. The molecule has 0 amide bonds. The van der Waals surface area contributed by atoms with E-state index in [0.717, 1.165) is 64.2 Å².